The third-order valence-electron chi connectivity index (χ3n) is 3.58. The summed E-state index contributed by atoms with van der Waals surface area (Å²) in [5, 5.41) is 13.0. The lowest BCUT2D eigenvalue weighted by atomic mass is 10.0. The second-order valence-corrected chi connectivity index (χ2v) is 5.67. The van der Waals surface area contributed by atoms with E-state index in [1.807, 2.05) is 0 Å². The van der Waals surface area contributed by atoms with E-state index in [-0.39, 0.29) is 19.5 Å². The summed E-state index contributed by atoms with van der Waals surface area (Å²) in [6.07, 6.45) is 0.935. The van der Waals surface area contributed by atoms with Crippen molar-refractivity contribution in [3.63, 3.8) is 0 Å². The van der Waals surface area contributed by atoms with E-state index in [1.165, 1.54) is 0 Å². The Hall–Kier alpha value is -1.67. The fourth-order valence-corrected chi connectivity index (χ4v) is 3.22. The molecule has 3 rings (SSSR count). The molecule has 2 heterocycles. The van der Waals surface area contributed by atoms with Gasteiger partial charge in [0.2, 0.25) is 18.3 Å². The van der Waals surface area contributed by atoms with E-state index in [0.717, 1.165) is 10.0 Å². The van der Waals surface area contributed by atoms with Gasteiger partial charge in [0.15, 0.2) is 11.5 Å². The number of hydrogen-bond acceptors (Lipinski definition) is 7. The zero-order valence-electron chi connectivity index (χ0n) is 12.2. The highest BCUT2D eigenvalue weighted by molar-refractivity contribution is 9.10. The van der Waals surface area contributed by atoms with Gasteiger partial charge in [-0.25, -0.2) is 0 Å². The van der Waals surface area contributed by atoms with Crippen LogP contribution in [0, 0.1) is 0 Å². The first-order chi connectivity index (χ1) is 10.7. The van der Waals surface area contributed by atoms with Crippen molar-refractivity contribution in [1.82, 2.24) is 0 Å². The number of nitrogens with zero attached hydrogens (tertiary/aromatic N) is 1. The van der Waals surface area contributed by atoms with Crippen LogP contribution in [0.3, 0.4) is 0 Å². The van der Waals surface area contributed by atoms with Gasteiger partial charge >= 0.3 is 0 Å². The molecule has 0 saturated carbocycles. The standard InChI is InChI=1S/C14H16BrNO6/c1-18-11-9(4-8-3-7(5-17)16-22-8)10(15)12-14(13(11)19-2)21-6-20-12/h8,17H,3-6H2,1-2H3. The van der Waals surface area contributed by atoms with E-state index in [2.05, 4.69) is 21.1 Å². The van der Waals surface area contributed by atoms with Crippen molar-refractivity contribution in [2.24, 2.45) is 5.16 Å². The molecule has 1 aromatic carbocycles. The molecule has 2 aliphatic heterocycles. The molecular weight excluding hydrogens is 358 g/mol. The molecule has 0 fully saturated rings. The van der Waals surface area contributed by atoms with Crippen LogP contribution in [0.25, 0.3) is 0 Å². The first-order valence-corrected chi connectivity index (χ1v) is 7.53. The number of halogens is 1. The Morgan fingerprint density at radius 3 is 2.59 bits per heavy atom. The van der Waals surface area contributed by atoms with E-state index < -0.39 is 0 Å². The van der Waals surface area contributed by atoms with E-state index in [4.69, 9.17) is 28.9 Å². The molecule has 1 atom stereocenters. The van der Waals surface area contributed by atoms with E-state index >= 15 is 0 Å². The van der Waals surface area contributed by atoms with Crippen molar-refractivity contribution in [1.29, 1.82) is 0 Å². The molecule has 0 spiro atoms. The van der Waals surface area contributed by atoms with Crippen LogP contribution >= 0.6 is 15.9 Å². The first kappa shape index (κ1) is 15.2. The Labute approximate surface area is 135 Å². The van der Waals surface area contributed by atoms with Crippen LogP contribution in [-0.4, -0.2) is 44.5 Å². The fraction of sp³-hybridized carbons (Fsp3) is 0.500. The Bertz CT molecular complexity index is 618. The van der Waals surface area contributed by atoms with Crippen molar-refractivity contribution in [3.05, 3.63) is 10.0 Å². The van der Waals surface area contributed by atoms with Gasteiger partial charge in [-0.3, -0.25) is 0 Å². The van der Waals surface area contributed by atoms with Crippen LogP contribution < -0.4 is 18.9 Å². The molecule has 0 radical (unpaired) electrons. The quantitative estimate of drug-likeness (QED) is 0.848. The summed E-state index contributed by atoms with van der Waals surface area (Å²) < 4.78 is 22.6. The Kier molecular flexibility index (Phi) is 4.30. The highest BCUT2D eigenvalue weighted by Gasteiger charge is 2.32. The lowest BCUT2D eigenvalue weighted by Gasteiger charge is -2.18. The summed E-state index contributed by atoms with van der Waals surface area (Å²) in [6, 6.07) is 0. The monoisotopic (exact) mass is 373 g/mol. The number of methoxy groups -OCH3 is 2. The molecular formula is C14H16BrNO6. The molecule has 2 aliphatic rings. The zero-order chi connectivity index (χ0) is 15.7. The maximum atomic E-state index is 9.11. The minimum Gasteiger partial charge on any atom is -0.492 e. The minimum absolute atomic E-state index is 0.0980. The normalized spacial score (nSPS) is 18.9. The van der Waals surface area contributed by atoms with Gasteiger partial charge in [0, 0.05) is 18.4 Å². The average molecular weight is 374 g/mol. The third kappa shape index (κ3) is 2.46. The molecule has 1 aromatic rings. The predicted molar refractivity (Wildman–Crippen MR) is 81.1 cm³/mol. The molecule has 1 unspecified atom stereocenters. The molecule has 0 saturated heterocycles. The van der Waals surface area contributed by atoms with Crippen LogP contribution in [0.5, 0.6) is 23.0 Å². The fourth-order valence-electron chi connectivity index (χ4n) is 2.59. The Balaban J connectivity index is 1.97. The number of fused-ring (bicyclic) bond motifs is 1. The molecule has 7 nitrogen and oxygen atoms in total. The van der Waals surface area contributed by atoms with Crippen LogP contribution in [0.1, 0.15) is 12.0 Å². The van der Waals surface area contributed by atoms with E-state index in [1.54, 1.807) is 14.2 Å². The first-order valence-electron chi connectivity index (χ1n) is 6.73. The van der Waals surface area contributed by atoms with Gasteiger partial charge in [0.25, 0.3) is 0 Å². The molecule has 0 bridgehead atoms. The maximum Gasteiger partial charge on any atom is 0.231 e. The number of aliphatic hydroxyl groups is 1. The van der Waals surface area contributed by atoms with Gasteiger partial charge in [0.05, 0.1) is 31.0 Å². The topological polar surface area (TPSA) is 78.7 Å². The Morgan fingerprint density at radius 1 is 1.23 bits per heavy atom. The third-order valence-corrected chi connectivity index (χ3v) is 4.42. The lowest BCUT2D eigenvalue weighted by molar-refractivity contribution is 0.0851. The largest absolute Gasteiger partial charge is 0.492 e. The molecule has 1 N–H and O–H groups in total. The van der Waals surface area contributed by atoms with Crippen molar-refractivity contribution in [3.8, 4) is 23.0 Å². The minimum atomic E-state index is -0.169. The number of benzene rings is 1. The zero-order valence-corrected chi connectivity index (χ0v) is 13.8. The molecule has 0 aromatic heterocycles. The number of oxime groups is 1. The van der Waals surface area contributed by atoms with Gasteiger partial charge in [-0.15, -0.1) is 0 Å². The Morgan fingerprint density at radius 2 is 1.95 bits per heavy atom. The second kappa shape index (κ2) is 6.21. The molecule has 0 aliphatic carbocycles. The van der Waals surface area contributed by atoms with Gasteiger partial charge < -0.3 is 28.9 Å². The predicted octanol–water partition coefficient (Wildman–Crippen LogP) is 1.87. The number of aliphatic hydroxyl groups excluding tert-OH is 1. The summed E-state index contributed by atoms with van der Waals surface area (Å²) in [5.41, 5.74) is 1.48. The van der Waals surface area contributed by atoms with Gasteiger partial charge in [0.1, 0.15) is 6.10 Å². The highest BCUT2D eigenvalue weighted by atomic mass is 79.9. The summed E-state index contributed by atoms with van der Waals surface area (Å²) >= 11 is 3.54. The van der Waals surface area contributed by atoms with Gasteiger partial charge in [-0.05, 0) is 15.9 Å². The van der Waals surface area contributed by atoms with Crippen molar-refractivity contribution in [2.45, 2.75) is 18.9 Å². The summed E-state index contributed by atoms with van der Waals surface area (Å²) in [5.74, 6) is 2.18. The molecule has 22 heavy (non-hydrogen) atoms. The highest BCUT2D eigenvalue weighted by Crippen LogP contribution is 2.54. The number of hydrogen-bond donors (Lipinski definition) is 1. The van der Waals surface area contributed by atoms with Crippen LogP contribution in [-0.2, 0) is 11.3 Å². The van der Waals surface area contributed by atoms with Crippen molar-refractivity contribution in [2.75, 3.05) is 27.6 Å². The van der Waals surface area contributed by atoms with E-state index in [9.17, 15) is 0 Å². The summed E-state index contributed by atoms with van der Waals surface area (Å²) in [6.45, 7) is 0.0356. The van der Waals surface area contributed by atoms with Crippen LogP contribution in [0.15, 0.2) is 9.63 Å². The van der Waals surface area contributed by atoms with Gasteiger partial charge in [-0.2, -0.15) is 0 Å². The summed E-state index contributed by atoms with van der Waals surface area (Å²) in [7, 11) is 3.12. The van der Waals surface area contributed by atoms with Gasteiger partial charge in [-0.1, -0.05) is 5.16 Å². The number of ether oxygens (including phenoxy) is 4. The smallest absolute Gasteiger partial charge is 0.231 e. The molecule has 120 valence electrons. The van der Waals surface area contributed by atoms with Crippen LogP contribution in [0.2, 0.25) is 0 Å². The SMILES string of the molecule is COc1c(CC2CC(CO)=NO2)c(Br)c2c(c1OC)OCO2. The van der Waals surface area contributed by atoms with Crippen molar-refractivity contribution < 1.29 is 28.9 Å². The van der Waals surface area contributed by atoms with Crippen molar-refractivity contribution >= 4 is 21.6 Å². The average Bonchev–Trinajstić information content (AvgIpc) is 3.18. The molecule has 8 heteroatoms. The van der Waals surface area contributed by atoms with E-state index in [0.29, 0.717) is 41.6 Å². The molecule has 0 amide bonds. The second-order valence-electron chi connectivity index (χ2n) is 4.88. The number of rotatable bonds is 5. The lowest BCUT2D eigenvalue weighted by Crippen LogP contribution is -2.14. The van der Waals surface area contributed by atoms with Crippen LogP contribution in [0.4, 0.5) is 0 Å². The maximum absolute atomic E-state index is 9.11. The summed E-state index contributed by atoms with van der Waals surface area (Å²) in [4.78, 5) is 5.35.